The molecule has 1 N–H and O–H groups in total. The number of likely N-dealkylation sites (tertiary alicyclic amines) is 1. The highest BCUT2D eigenvalue weighted by Gasteiger charge is 2.50. The van der Waals surface area contributed by atoms with E-state index in [0.717, 1.165) is 18.0 Å². The highest BCUT2D eigenvalue weighted by molar-refractivity contribution is 7.01. The maximum absolute atomic E-state index is 16.1. The Bertz CT molecular complexity index is 1740. The number of piperidine rings is 1. The summed E-state index contributed by atoms with van der Waals surface area (Å²) in [6.07, 6.45) is 2.41. The van der Waals surface area contributed by atoms with E-state index in [4.69, 9.17) is 4.65 Å². The number of nitrogens with one attached hydrogen (secondary N) is 1. The molecule has 1 heterocycles. The van der Waals surface area contributed by atoms with E-state index in [-0.39, 0.29) is 24.3 Å². The van der Waals surface area contributed by atoms with Gasteiger partial charge in [0.1, 0.15) is 23.3 Å². The molecule has 268 valence electrons. The highest BCUT2D eigenvalue weighted by atomic mass is 19.2. The minimum atomic E-state index is -4.65. The van der Waals surface area contributed by atoms with Crippen molar-refractivity contribution in [2.75, 3.05) is 0 Å². The van der Waals surface area contributed by atoms with E-state index in [1.54, 1.807) is 42.5 Å². The van der Waals surface area contributed by atoms with Gasteiger partial charge in [0, 0.05) is 31.4 Å². The second-order valence-electron chi connectivity index (χ2n) is 14.2. The van der Waals surface area contributed by atoms with Gasteiger partial charge in [-0.3, -0.25) is 0 Å². The quantitative estimate of drug-likeness (QED) is 0.102. The van der Waals surface area contributed by atoms with Crippen molar-refractivity contribution in [1.82, 2.24) is 0 Å². The molecule has 5 rings (SSSR count). The van der Waals surface area contributed by atoms with Crippen LogP contribution in [0.4, 0.5) is 43.9 Å². The highest BCUT2D eigenvalue weighted by Crippen LogP contribution is 2.32. The number of benzene rings is 3. The maximum Gasteiger partial charge on any atom is 0.258 e. The lowest BCUT2D eigenvalue weighted by Gasteiger charge is -2.52. The molecule has 0 radical (unpaired) electrons. The van der Waals surface area contributed by atoms with E-state index in [1.807, 2.05) is 27.7 Å². The zero-order valence-corrected chi connectivity index (χ0v) is 27.9. The molecule has 3 aromatic rings. The third-order valence-electron chi connectivity index (χ3n) is 9.84. The van der Waals surface area contributed by atoms with Gasteiger partial charge in [0.25, 0.3) is 6.35 Å². The fraction of sp³-hybridized carbons (Fsp3) is 0.351. The molecule has 0 spiro atoms. The zero-order chi connectivity index (χ0) is 36.8. The van der Waals surface area contributed by atoms with Gasteiger partial charge in [0.05, 0.1) is 16.8 Å². The number of halogens is 10. The zero-order valence-electron chi connectivity index (χ0n) is 27.9. The van der Waals surface area contributed by atoms with E-state index in [1.165, 1.54) is 6.08 Å². The molecule has 13 heteroatoms. The van der Waals surface area contributed by atoms with E-state index in [9.17, 15) is 8.78 Å². The van der Waals surface area contributed by atoms with Crippen LogP contribution >= 0.6 is 0 Å². The summed E-state index contributed by atoms with van der Waals surface area (Å²) in [5, 5.41) is 0. The topological polar surface area (TPSA) is 13.7 Å². The summed E-state index contributed by atoms with van der Waals surface area (Å²) in [5.74, 6) is -24.6. The van der Waals surface area contributed by atoms with Gasteiger partial charge in [-0.05, 0) is 52.5 Å². The predicted octanol–water partition coefficient (Wildman–Crippen LogP) is 8.37. The van der Waals surface area contributed by atoms with Crippen molar-refractivity contribution in [1.29, 1.82) is 0 Å². The Morgan fingerprint density at radius 3 is 1.58 bits per heavy atom. The Morgan fingerprint density at radius 1 is 0.680 bits per heavy atom. The van der Waals surface area contributed by atoms with Crippen molar-refractivity contribution in [2.45, 2.75) is 83.7 Å². The summed E-state index contributed by atoms with van der Waals surface area (Å²) in [5.41, 5.74) is -4.32. The number of allylic oxidation sites excluding steroid dienone is 3. The summed E-state index contributed by atoms with van der Waals surface area (Å²) in [6.45, 7) is 7.46. The SMILES string of the molecule is CC1(C)CCCC(C)(C)[NH+]1/C(=C\[B-](OC1=CCCC1)(c1c(F)c(F)c(F)c(F)c1F)c1c(F)c(F)c(F)c(F)c1F)C/C=C/c1ccccc1. The number of hydrogen-bond donors (Lipinski definition) is 1. The third-order valence-corrected chi connectivity index (χ3v) is 9.84. The van der Waals surface area contributed by atoms with Gasteiger partial charge in [-0.25, -0.2) is 43.9 Å². The van der Waals surface area contributed by atoms with Gasteiger partial charge >= 0.3 is 0 Å². The van der Waals surface area contributed by atoms with Crippen LogP contribution in [0.1, 0.15) is 78.2 Å². The lowest BCUT2D eigenvalue weighted by molar-refractivity contribution is -0.966. The van der Waals surface area contributed by atoms with Crippen LogP contribution in [-0.2, 0) is 4.65 Å². The molecule has 1 aliphatic carbocycles. The number of quaternary nitrogens is 1. The van der Waals surface area contributed by atoms with Gasteiger partial charge < -0.3 is 9.55 Å². The summed E-state index contributed by atoms with van der Waals surface area (Å²) in [7, 11) is 0. The molecule has 0 amide bonds. The number of rotatable bonds is 9. The lowest BCUT2D eigenvalue weighted by Crippen LogP contribution is -3.25. The molecule has 0 unspecified atom stereocenters. The fourth-order valence-corrected chi connectivity index (χ4v) is 7.88. The molecule has 2 aliphatic rings. The molecule has 1 saturated heterocycles. The molecule has 0 aromatic heterocycles. The van der Waals surface area contributed by atoms with Gasteiger partial charge in [-0.2, -0.15) is 0 Å². The summed E-state index contributed by atoms with van der Waals surface area (Å²) in [4.78, 5) is 0.594. The monoisotopic (exact) mass is 711 g/mol. The van der Waals surface area contributed by atoms with Crippen LogP contribution < -0.4 is 15.8 Å². The lowest BCUT2D eigenvalue weighted by atomic mass is 9.30. The molecule has 1 aliphatic heterocycles. The van der Waals surface area contributed by atoms with E-state index < -0.39 is 86.5 Å². The van der Waals surface area contributed by atoms with Crippen molar-refractivity contribution in [2.24, 2.45) is 0 Å². The molecule has 0 saturated carbocycles. The van der Waals surface area contributed by atoms with Gasteiger partial charge in [0.2, 0.25) is 0 Å². The van der Waals surface area contributed by atoms with E-state index in [2.05, 4.69) is 0 Å². The first-order chi connectivity index (χ1) is 23.4. The molecule has 0 atom stereocenters. The summed E-state index contributed by atoms with van der Waals surface area (Å²) < 4.78 is 160. The fourth-order valence-electron chi connectivity index (χ4n) is 7.88. The van der Waals surface area contributed by atoms with Crippen LogP contribution in [0, 0.1) is 58.2 Å². The van der Waals surface area contributed by atoms with Crippen molar-refractivity contribution in [3.63, 3.8) is 0 Å². The molecule has 1 fully saturated rings. The minimum Gasteiger partial charge on any atom is -0.706 e. The first-order valence-electron chi connectivity index (χ1n) is 16.3. The van der Waals surface area contributed by atoms with Crippen LogP contribution in [0.15, 0.2) is 59.9 Å². The summed E-state index contributed by atoms with van der Waals surface area (Å²) in [6, 6.07) is 8.86. The molecule has 3 aromatic carbocycles. The van der Waals surface area contributed by atoms with Gasteiger partial charge in [-0.15, -0.1) is 5.98 Å². The maximum atomic E-state index is 16.1. The molecule has 2 nitrogen and oxygen atoms in total. The Morgan fingerprint density at radius 2 is 1.14 bits per heavy atom. The first kappa shape index (κ1) is 37.3. The Kier molecular flexibility index (Phi) is 10.4. The average Bonchev–Trinajstić information content (AvgIpc) is 3.57. The second kappa shape index (κ2) is 14.0. The second-order valence-corrected chi connectivity index (χ2v) is 14.2. The standard InChI is InChI=1S/C37H35BF10NO/c1-36(2)18-11-19-37(3,4)49(36)22(15-10-14-21-12-6-5-7-13-21)20-38(50-23-16-8-9-17-23,24-26(39)30(43)34(47)31(44)27(24)40)25-28(41)32(45)35(48)33(46)29(25)42/h5-7,10,12-14,16,20H,8-9,11,15,17-19H2,1-4H3/q-1/p+1/b14-10+,22-20-. The molecule has 50 heavy (non-hydrogen) atoms. The first-order valence-corrected chi connectivity index (χ1v) is 16.3. The minimum absolute atomic E-state index is 0.0149. The van der Waals surface area contributed by atoms with Crippen molar-refractivity contribution in [3.05, 3.63) is 124 Å². The normalized spacial score (nSPS) is 18.2. The smallest absolute Gasteiger partial charge is 0.258 e. The van der Waals surface area contributed by atoms with Crippen LogP contribution in [-0.4, -0.2) is 17.4 Å². The number of hydrogen-bond acceptors (Lipinski definition) is 1. The van der Waals surface area contributed by atoms with Crippen molar-refractivity contribution >= 4 is 23.4 Å². The van der Waals surface area contributed by atoms with Crippen LogP contribution in [0.25, 0.3) is 6.08 Å². The van der Waals surface area contributed by atoms with Crippen LogP contribution in [0.3, 0.4) is 0 Å². The summed E-state index contributed by atoms with van der Waals surface area (Å²) >= 11 is 0. The third kappa shape index (κ3) is 6.60. The van der Waals surface area contributed by atoms with E-state index in [0.29, 0.717) is 30.6 Å². The van der Waals surface area contributed by atoms with E-state index >= 15 is 35.1 Å². The Labute approximate surface area is 284 Å². The van der Waals surface area contributed by atoms with Crippen molar-refractivity contribution in [3.8, 4) is 0 Å². The average molecular weight is 711 g/mol. The predicted molar refractivity (Wildman–Crippen MR) is 172 cm³/mol. The van der Waals surface area contributed by atoms with Crippen LogP contribution in [0.2, 0.25) is 0 Å². The Balaban J connectivity index is 1.99. The molecular formula is C37H36BF10NO. The largest absolute Gasteiger partial charge is 0.706 e. The molecular weight excluding hydrogens is 675 g/mol. The van der Waals surface area contributed by atoms with Gasteiger partial charge in [-0.1, -0.05) is 59.5 Å². The van der Waals surface area contributed by atoms with Crippen LogP contribution in [0.5, 0.6) is 0 Å². The Hall–Kier alpha value is -4.00. The molecule has 0 bridgehead atoms. The van der Waals surface area contributed by atoms with Crippen molar-refractivity contribution < 1.29 is 53.5 Å². The van der Waals surface area contributed by atoms with Gasteiger partial charge in [0.15, 0.2) is 34.9 Å².